The van der Waals surface area contributed by atoms with Gasteiger partial charge in [0.1, 0.15) is 5.38 Å². The normalized spacial score (nSPS) is 15.5. The monoisotopic (exact) mass is 234 g/mol. The predicted octanol–water partition coefficient (Wildman–Crippen LogP) is 1.71. The van der Waals surface area contributed by atoms with Crippen LogP contribution in [-0.4, -0.2) is 42.9 Å². The smallest absolute Gasteiger partial charge is 0.238 e. The lowest BCUT2D eigenvalue weighted by molar-refractivity contribution is -0.121. The third kappa shape index (κ3) is 7.63. The largest absolute Gasteiger partial charge is 0.351 e. The number of nitrogens with one attached hydrogen (secondary N) is 1. The fraction of sp³-hybridized carbons (Fsp3) is 0.909. The highest BCUT2D eigenvalue weighted by atomic mass is 35.5. The molecule has 2 atom stereocenters. The van der Waals surface area contributed by atoms with E-state index in [0.717, 1.165) is 13.0 Å². The Labute approximate surface area is 98.2 Å². The Kier molecular flexibility index (Phi) is 6.94. The molecule has 0 aromatic heterocycles. The van der Waals surface area contributed by atoms with Gasteiger partial charge >= 0.3 is 0 Å². The van der Waals surface area contributed by atoms with Gasteiger partial charge in [0.2, 0.25) is 5.91 Å². The van der Waals surface area contributed by atoms with Crippen molar-refractivity contribution in [2.75, 3.05) is 20.6 Å². The van der Waals surface area contributed by atoms with Gasteiger partial charge in [0.25, 0.3) is 0 Å². The molecule has 0 saturated heterocycles. The number of alkyl halides is 1. The molecule has 0 aromatic carbocycles. The highest BCUT2D eigenvalue weighted by Crippen LogP contribution is 2.06. The van der Waals surface area contributed by atoms with Gasteiger partial charge in [-0.2, -0.15) is 0 Å². The van der Waals surface area contributed by atoms with Crippen LogP contribution in [0.15, 0.2) is 0 Å². The SMILES string of the molecule is CC(C)CC(CN(C)C)NC(=O)C(C)Cl. The van der Waals surface area contributed by atoms with Crippen molar-refractivity contribution in [1.29, 1.82) is 0 Å². The van der Waals surface area contributed by atoms with Crippen LogP contribution >= 0.6 is 11.6 Å². The number of hydrogen-bond acceptors (Lipinski definition) is 2. The molecule has 0 aromatic rings. The molecule has 0 radical (unpaired) electrons. The number of hydrogen-bond donors (Lipinski definition) is 1. The molecule has 0 aliphatic heterocycles. The van der Waals surface area contributed by atoms with Gasteiger partial charge in [-0.1, -0.05) is 13.8 Å². The van der Waals surface area contributed by atoms with Crippen LogP contribution in [0.25, 0.3) is 0 Å². The fourth-order valence-corrected chi connectivity index (χ4v) is 1.57. The molecule has 4 heteroatoms. The van der Waals surface area contributed by atoms with E-state index in [2.05, 4.69) is 24.1 Å². The maximum Gasteiger partial charge on any atom is 0.238 e. The van der Waals surface area contributed by atoms with E-state index in [1.165, 1.54) is 0 Å². The predicted molar refractivity (Wildman–Crippen MR) is 65.3 cm³/mol. The van der Waals surface area contributed by atoms with E-state index in [9.17, 15) is 4.79 Å². The molecule has 0 spiro atoms. The van der Waals surface area contributed by atoms with Crippen LogP contribution in [0, 0.1) is 5.92 Å². The van der Waals surface area contributed by atoms with Crippen molar-refractivity contribution in [3.8, 4) is 0 Å². The third-order valence-electron chi connectivity index (χ3n) is 2.05. The van der Waals surface area contributed by atoms with Crippen molar-refractivity contribution in [3.63, 3.8) is 0 Å². The molecular weight excluding hydrogens is 212 g/mol. The summed E-state index contributed by atoms with van der Waals surface area (Å²) in [7, 11) is 4.01. The molecule has 3 nitrogen and oxygen atoms in total. The Hall–Kier alpha value is -0.280. The van der Waals surface area contributed by atoms with E-state index in [0.29, 0.717) is 5.92 Å². The quantitative estimate of drug-likeness (QED) is 0.710. The molecule has 2 unspecified atom stereocenters. The van der Waals surface area contributed by atoms with Gasteiger partial charge in [-0.15, -0.1) is 11.6 Å². The van der Waals surface area contributed by atoms with Gasteiger partial charge in [-0.05, 0) is 33.4 Å². The zero-order valence-electron chi connectivity index (χ0n) is 10.4. The fourth-order valence-electron chi connectivity index (χ4n) is 1.50. The molecule has 1 amide bonds. The molecular formula is C11H23ClN2O. The maximum atomic E-state index is 11.5. The summed E-state index contributed by atoms with van der Waals surface area (Å²) in [5.41, 5.74) is 0. The Morgan fingerprint density at radius 3 is 2.20 bits per heavy atom. The number of carbonyl (C=O) groups excluding carboxylic acids is 1. The average molecular weight is 235 g/mol. The second-order valence-corrected chi connectivity index (χ2v) is 5.37. The maximum absolute atomic E-state index is 11.5. The van der Waals surface area contributed by atoms with Crippen LogP contribution < -0.4 is 5.32 Å². The topological polar surface area (TPSA) is 32.3 Å². The van der Waals surface area contributed by atoms with E-state index in [1.807, 2.05) is 14.1 Å². The van der Waals surface area contributed by atoms with Gasteiger partial charge in [-0.3, -0.25) is 4.79 Å². The van der Waals surface area contributed by atoms with Gasteiger partial charge in [-0.25, -0.2) is 0 Å². The summed E-state index contributed by atoms with van der Waals surface area (Å²) in [6, 6.07) is 0.189. The number of rotatable bonds is 6. The highest BCUT2D eigenvalue weighted by Gasteiger charge is 2.17. The zero-order chi connectivity index (χ0) is 12.0. The van der Waals surface area contributed by atoms with Crippen molar-refractivity contribution in [2.24, 2.45) is 5.92 Å². The first-order valence-corrected chi connectivity index (χ1v) is 5.85. The van der Waals surface area contributed by atoms with Gasteiger partial charge in [0, 0.05) is 12.6 Å². The summed E-state index contributed by atoms with van der Waals surface area (Å²) in [6.45, 7) is 6.85. The Balaban J connectivity index is 4.17. The molecule has 0 aliphatic carbocycles. The lowest BCUT2D eigenvalue weighted by Crippen LogP contribution is -2.44. The number of carbonyl (C=O) groups is 1. The molecule has 0 fully saturated rings. The standard InChI is InChI=1S/C11H23ClN2O/c1-8(2)6-10(7-14(4)5)13-11(15)9(3)12/h8-10H,6-7H2,1-5H3,(H,13,15). The van der Waals surface area contributed by atoms with Crippen LogP contribution in [0.4, 0.5) is 0 Å². The van der Waals surface area contributed by atoms with Crippen molar-refractivity contribution in [2.45, 2.75) is 38.6 Å². The van der Waals surface area contributed by atoms with Gasteiger partial charge in [0.15, 0.2) is 0 Å². The minimum absolute atomic E-state index is 0.0795. The molecule has 0 aliphatic rings. The number of likely N-dealkylation sites (N-methyl/N-ethyl adjacent to an activating group) is 1. The summed E-state index contributed by atoms with van der Waals surface area (Å²) in [6.07, 6.45) is 0.980. The molecule has 90 valence electrons. The van der Waals surface area contributed by atoms with E-state index < -0.39 is 5.38 Å². The van der Waals surface area contributed by atoms with E-state index in [-0.39, 0.29) is 11.9 Å². The lowest BCUT2D eigenvalue weighted by atomic mass is 10.0. The van der Waals surface area contributed by atoms with E-state index in [1.54, 1.807) is 6.92 Å². The van der Waals surface area contributed by atoms with Crippen LogP contribution in [0.2, 0.25) is 0 Å². The van der Waals surface area contributed by atoms with E-state index >= 15 is 0 Å². The molecule has 0 saturated carbocycles. The Bertz CT molecular complexity index is 183. The van der Waals surface area contributed by atoms with Gasteiger partial charge < -0.3 is 10.2 Å². The minimum atomic E-state index is -0.457. The first kappa shape index (κ1) is 14.7. The Morgan fingerprint density at radius 2 is 1.87 bits per heavy atom. The van der Waals surface area contributed by atoms with Crippen LogP contribution in [0.1, 0.15) is 27.2 Å². The third-order valence-corrected chi connectivity index (χ3v) is 2.25. The van der Waals surface area contributed by atoms with Crippen molar-refractivity contribution >= 4 is 17.5 Å². The first-order chi connectivity index (χ1) is 6.82. The first-order valence-electron chi connectivity index (χ1n) is 5.42. The summed E-state index contributed by atoms with van der Waals surface area (Å²) in [5, 5.41) is 2.51. The molecule has 0 heterocycles. The lowest BCUT2D eigenvalue weighted by Gasteiger charge is -2.24. The summed E-state index contributed by atoms with van der Waals surface area (Å²) < 4.78 is 0. The van der Waals surface area contributed by atoms with Gasteiger partial charge in [0.05, 0.1) is 0 Å². The summed E-state index contributed by atoms with van der Waals surface area (Å²) >= 11 is 5.72. The highest BCUT2D eigenvalue weighted by molar-refractivity contribution is 6.30. The summed E-state index contributed by atoms with van der Waals surface area (Å²) in [4.78, 5) is 13.5. The number of nitrogens with zero attached hydrogens (tertiary/aromatic N) is 1. The second kappa shape index (κ2) is 7.07. The molecule has 0 bridgehead atoms. The van der Waals surface area contributed by atoms with Crippen molar-refractivity contribution in [1.82, 2.24) is 10.2 Å². The summed E-state index contributed by atoms with van der Waals surface area (Å²) in [5.74, 6) is 0.491. The van der Waals surface area contributed by atoms with Crippen LogP contribution in [-0.2, 0) is 4.79 Å². The van der Waals surface area contributed by atoms with E-state index in [4.69, 9.17) is 11.6 Å². The van der Waals surface area contributed by atoms with Crippen molar-refractivity contribution < 1.29 is 4.79 Å². The molecule has 1 N–H and O–H groups in total. The zero-order valence-corrected chi connectivity index (χ0v) is 11.1. The molecule has 0 rings (SSSR count). The second-order valence-electron chi connectivity index (χ2n) is 4.71. The minimum Gasteiger partial charge on any atom is -0.351 e. The number of halogens is 1. The Morgan fingerprint density at radius 1 is 1.33 bits per heavy atom. The van der Waals surface area contributed by atoms with Crippen LogP contribution in [0.3, 0.4) is 0 Å². The van der Waals surface area contributed by atoms with Crippen LogP contribution in [0.5, 0.6) is 0 Å². The van der Waals surface area contributed by atoms with Crippen molar-refractivity contribution in [3.05, 3.63) is 0 Å². The average Bonchev–Trinajstić information content (AvgIpc) is 2.00. The molecule has 15 heavy (non-hydrogen) atoms. The number of amides is 1.